The Bertz CT molecular complexity index is 1610. The van der Waals surface area contributed by atoms with Crippen molar-refractivity contribution >= 4 is 51.8 Å². The Morgan fingerprint density at radius 1 is 0.977 bits per heavy atom. The van der Waals surface area contributed by atoms with E-state index in [9.17, 15) is 22.8 Å². The highest BCUT2D eigenvalue weighted by molar-refractivity contribution is 8.01. The lowest BCUT2D eigenvalue weighted by Crippen LogP contribution is -2.25. The topological polar surface area (TPSA) is 142 Å². The lowest BCUT2D eigenvalue weighted by Gasteiger charge is -2.15. The molecule has 0 spiro atoms. The van der Waals surface area contributed by atoms with Gasteiger partial charge in [0.2, 0.25) is 16.8 Å². The molecule has 0 aliphatic heterocycles. The number of aromatic nitrogens is 5. The van der Waals surface area contributed by atoms with E-state index in [1.165, 1.54) is 73.3 Å². The molecular formula is C26H26F3N7O5S3. The van der Waals surface area contributed by atoms with Crippen molar-refractivity contribution in [3.8, 4) is 22.9 Å². The first-order valence-corrected chi connectivity index (χ1v) is 15.5. The van der Waals surface area contributed by atoms with E-state index in [1.54, 1.807) is 0 Å². The number of thioether (sulfide) groups is 2. The molecule has 0 saturated heterocycles. The van der Waals surface area contributed by atoms with Crippen LogP contribution in [0.15, 0.2) is 45.9 Å². The zero-order chi connectivity index (χ0) is 31.9. The number of amides is 2. The van der Waals surface area contributed by atoms with E-state index >= 15 is 0 Å². The van der Waals surface area contributed by atoms with Crippen molar-refractivity contribution in [2.75, 3.05) is 38.2 Å². The van der Waals surface area contributed by atoms with Gasteiger partial charge in [-0.3, -0.25) is 19.5 Å². The van der Waals surface area contributed by atoms with Crippen molar-refractivity contribution in [2.24, 2.45) is 0 Å². The van der Waals surface area contributed by atoms with E-state index in [-0.39, 0.29) is 46.0 Å². The highest BCUT2D eigenvalue weighted by Gasteiger charge is 2.31. The molecule has 12 nitrogen and oxygen atoms in total. The molecule has 2 heterocycles. The maximum Gasteiger partial charge on any atom is 0.416 e. The van der Waals surface area contributed by atoms with Gasteiger partial charge in [0.1, 0.15) is 0 Å². The van der Waals surface area contributed by atoms with Gasteiger partial charge in [-0.25, -0.2) is 0 Å². The summed E-state index contributed by atoms with van der Waals surface area (Å²) in [7, 11) is 4.25. The molecule has 0 fully saturated rings. The van der Waals surface area contributed by atoms with Gasteiger partial charge in [0.25, 0.3) is 5.91 Å². The van der Waals surface area contributed by atoms with Gasteiger partial charge in [-0.15, -0.1) is 20.4 Å². The minimum atomic E-state index is -4.60. The third-order valence-electron chi connectivity index (χ3n) is 5.72. The largest absolute Gasteiger partial charge is 0.493 e. The predicted octanol–water partition coefficient (Wildman–Crippen LogP) is 4.94. The van der Waals surface area contributed by atoms with Crippen molar-refractivity contribution in [2.45, 2.75) is 29.1 Å². The smallest absolute Gasteiger partial charge is 0.416 e. The number of methoxy groups -OCH3 is 3. The summed E-state index contributed by atoms with van der Waals surface area (Å²) >= 11 is 3.67. The van der Waals surface area contributed by atoms with E-state index in [1.807, 2.05) is 6.92 Å². The summed E-state index contributed by atoms with van der Waals surface area (Å²) in [6.45, 7) is 1.75. The van der Waals surface area contributed by atoms with Crippen LogP contribution < -0.4 is 24.8 Å². The predicted molar refractivity (Wildman–Crippen MR) is 159 cm³/mol. The van der Waals surface area contributed by atoms with E-state index in [0.717, 1.165) is 29.6 Å². The van der Waals surface area contributed by atoms with Crippen LogP contribution in [-0.2, 0) is 17.5 Å². The summed E-state index contributed by atoms with van der Waals surface area (Å²) in [5.74, 6) is 0.625. The van der Waals surface area contributed by atoms with Gasteiger partial charge >= 0.3 is 6.18 Å². The molecule has 0 aliphatic carbocycles. The molecule has 0 radical (unpaired) electrons. The second-order valence-corrected chi connectivity index (χ2v) is 12.0. The van der Waals surface area contributed by atoms with Crippen LogP contribution in [0, 0.1) is 0 Å². The fourth-order valence-corrected chi connectivity index (χ4v) is 6.23. The number of hydrogen-bond donors (Lipinski definition) is 2. The zero-order valence-electron chi connectivity index (χ0n) is 23.7. The van der Waals surface area contributed by atoms with Crippen LogP contribution in [0.4, 0.5) is 18.3 Å². The number of benzene rings is 2. The number of nitrogens with zero attached hydrogens (tertiary/aromatic N) is 5. The molecule has 4 rings (SSSR count). The van der Waals surface area contributed by atoms with E-state index in [0.29, 0.717) is 15.2 Å². The second kappa shape index (κ2) is 14.6. The van der Waals surface area contributed by atoms with Gasteiger partial charge in [-0.05, 0) is 36.1 Å². The summed E-state index contributed by atoms with van der Waals surface area (Å²) in [6.07, 6.45) is -4.60. The molecule has 2 aromatic heterocycles. The molecule has 44 heavy (non-hydrogen) atoms. The Morgan fingerprint density at radius 2 is 1.70 bits per heavy atom. The summed E-state index contributed by atoms with van der Waals surface area (Å²) in [6, 6.07) is 7.48. The average molecular weight is 670 g/mol. The van der Waals surface area contributed by atoms with Gasteiger partial charge in [0.05, 0.1) is 44.9 Å². The molecule has 2 aromatic carbocycles. The maximum atomic E-state index is 13.5. The number of nitrogens with one attached hydrogen (secondary N) is 2. The Labute approximate surface area is 262 Å². The van der Waals surface area contributed by atoms with E-state index < -0.39 is 23.6 Å². The fraction of sp³-hybridized carbons (Fsp3) is 0.308. The van der Waals surface area contributed by atoms with Crippen molar-refractivity contribution in [1.82, 2.24) is 30.3 Å². The van der Waals surface area contributed by atoms with Crippen molar-refractivity contribution in [3.63, 3.8) is 0 Å². The second-order valence-electron chi connectivity index (χ2n) is 8.52. The molecular weight excluding hydrogens is 644 g/mol. The average Bonchev–Trinajstić information content (AvgIpc) is 3.64. The summed E-state index contributed by atoms with van der Waals surface area (Å²) in [5, 5.41) is 21.9. The Balaban J connectivity index is 1.57. The maximum absolute atomic E-state index is 13.5. The molecule has 0 saturated carbocycles. The highest BCUT2D eigenvalue weighted by Crippen LogP contribution is 2.38. The number of hydrogen-bond acceptors (Lipinski definition) is 12. The van der Waals surface area contributed by atoms with Gasteiger partial charge in [0, 0.05) is 5.56 Å². The fourth-order valence-electron chi connectivity index (χ4n) is 3.79. The number of carbonyl (C=O) groups is 2. The first-order valence-electron chi connectivity index (χ1n) is 12.7. The SMILES string of the molecule is CCSc1nnc(NC(=O)CSc2nnc(CNC(=O)c3cc(OC)c(OC)c(OC)c3)n2-c2cccc(C(F)(F)F)c2)s1. The molecule has 2 amide bonds. The number of alkyl halides is 3. The van der Waals surface area contributed by atoms with Crippen LogP contribution in [-0.4, -0.2) is 69.6 Å². The molecule has 0 bridgehead atoms. The normalized spacial score (nSPS) is 11.2. The number of carbonyl (C=O) groups excluding carboxylic acids is 2. The number of anilines is 1. The Hall–Kier alpha value is -4.03. The van der Waals surface area contributed by atoms with Crippen molar-refractivity contribution < 1.29 is 37.0 Å². The number of halogens is 3. The van der Waals surface area contributed by atoms with Gasteiger partial charge in [-0.2, -0.15) is 13.2 Å². The first-order chi connectivity index (χ1) is 21.1. The highest BCUT2D eigenvalue weighted by atomic mass is 32.2. The minimum Gasteiger partial charge on any atom is -0.493 e. The lowest BCUT2D eigenvalue weighted by molar-refractivity contribution is -0.137. The molecule has 0 unspecified atom stereocenters. The van der Waals surface area contributed by atoms with E-state index in [2.05, 4.69) is 31.0 Å². The van der Waals surface area contributed by atoms with Crippen LogP contribution in [0.1, 0.15) is 28.7 Å². The third-order valence-corrected chi connectivity index (χ3v) is 8.50. The quantitative estimate of drug-likeness (QED) is 0.148. The zero-order valence-corrected chi connectivity index (χ0v) is 26.2. The standard InChI is InChI=1S/C26H26F3N7O5S3/c1-5-42-25-35-33-23(44-25)31-20(37)13-43-24-34-32-19(36(24)16-8-6-7-15(11-16)26(27,28)29)12-30-22(38)14-9-17(39-2)21(41-4)18(10-14)40-3/h6-11H,5,12-13H2,1-4H3,(H,30,38)(H,31,33,37). The molecule has 18 heteroatoms. The third kappa shape index (κ3) is 7.92. The first kappa shape index (κ1) is 32.9. The lowest BCUT2D eigenvalue weighted by atomic mass is 10.1. The Morgan fingerprint density at radius 3 is 2.34 bits per heavy atom. The molecule has 0 aliphatic rings. The van der Waals surface area contributed by atoms with Gasteiger partial charge in [0.15, 0.2) is 26.8 Å². The number of rotatable bonds is 13. The molecule has 4 aromatic rings. The monoisotopic (exact) mass is 669 g/mol. The summed E-state index contributed by atoms with van der Waals surface area (Å²) in [5.41, 5.74) is -0.620. The van der Waals surface area contributed by atoms with Crippen LogP contribution in [0.2, 0.25) is 0 Å². The molecule has 2 N–H and O–H groups in total. The van der Waals surface area contributed by atoms with Crippen molar-refractivity contribution in [1.29, 1.82) is 0 Å². The number of ether oxygens (including phenoxy) is 3. The van der Waals surface area contributed by atoms with Gasteiger partial charge in [-0.1, -0.05) is 47.9 Å². The van der Waals surface area contributed by atoms with Gasteiger partial charge < -0.3 is 19.5 Å². The Kier molecular flexibility index (Phi) is 10.9. The van der Waals surface area contributed by atoms with Crippen LogP contribution in [0.5, 0.6) is 17.2 Å². The molecule has 0 atom stereocenters. The summed E-state index contributed by atoms with van der Waals surface area (Å²) < 4.78 is 58.6. The molecule has 234 valence electrons. The summed E-state index contributed by atoms with van der Waals surface area (Å²) in [4.78, 5) is 25.7. The van der Waals surface area contributed by atoms with Crippen LogP contribution in [0.25, 0.3) is 5.69 Å². The van der Waals surface area contributed by atoms with Crippen molar-refractivity contribution in [3.05, 3.63) is 53.3 Å². The minimum absolute atomic E-state index is 0.0927. The van der Waals surface area contributed by atoms with Crippen LogP contribution >= 0.6 is 34.9 Å². The van der Waals surface area contributed by atoms with E-state index in [4.69, 9.17) is 14.2 Å². The van der Waals surface area contributed by atoms with Crippen LogP contribution in [0.3, 0.4) is 0 Å².